The fourth-order valence-corrected chi connectivity index (χ4v) is 3.20. The highest BCUT2D eigenvalue weighted by molar-refractivity contribution is 7.98. The molecule has 0 aliphatic carbocycles. The summed E-state index contributed by atoms with van der Waals surface area (Å²) in [7, 11) is 0. The number of nitrogens with zero attached hydrogens (tertiary/aromatic N) is 2. The Hall–Kier alpha value is -1.85. The van der Waals surface area contributed by atoms with Crippen molar-refractivity contribution in [3.05, 3.63) is 65.7 Å². The number of hydrogen-bond donors (Lipinski definition) is 1. The zero-order valence-electron chi connectivity index (χ0n) is 13.1. The van der Waals surface area contributed by atoms with Crippen molar-refractivity contribution in [1.82, 2.24) is 9.55 Å². The van der Waals surface area contributed by atoms with Crippen LogP contribution in [0.2, 0.25) is 0 Å². The minimum absolute atomic E-state index is 0.151. The van der Waals surface area contributed by atoms with Gasteiger partial charge in [-0.3, -0.25) is 0 Å². The molecule has 1 aromatic heterocycles. The number of hydrogen-bond acceptors (Lipinski definition) is 3. The lowest BCUT2D eigenvalue weighted by atomic mass is 10.2. The predicted octanol–water partition coefficient (Wildman–Crippen LogP) is 3.98. The van der Waals surface area contributed by atoms with E-state index >= 15 is 0 Å². The summed E-state index contributed by atoms with van der Waals surface area (Å²) in [5, 5.41) is 0. The number of aromatic nitrogens is 2. The summed E-state index contributed by atoms with van der Waals surface area (Å²) in [5.41, 5.74) is 8.89. The van der Waals surface area contributed by atoms with Crippen LogP contribution in [0, 0.1) is 5.82 Å². The summed E-state index contributed by atoms with van der Waals surface area (Å²) >= 11 is 1.77. The third-order valence-corrected chi connectivity index (χ3v) is 4.58. The fourth-order valence-electron chi connectivity index (χ4n) is 2.71. The normalized spacial score (nSPS) is 12.7. The molecule has 2 N–H and O–H groups in total. The van der Waals surface area contributed by atoms with Crippen LogP contribution < -0.4 is 5.73 Å². The minimum atomic E-state index is -0.200. The van der Waals surface area contributed by atoms with Crippen molar-refractivity contribution in [3.63, 3.8) is 0 Å². The van der Waals surface area contributed by atoms with Crippen molar-refractivity contribution < 1.29 is 4.39 Å². The van der Waals surface area contributed by atoms with E-state index in [0.29, 0.717) is 12.1 Å². The molecule has 23 heavy (non-hydrogen) atoms. The van der Waals surface area contributed by atoms with Crippen molar-refractivity contribution in [2.75, 3.05) is 12.0 Å². The van der Waals surface area contributed by atoms with Gasteiger partial charge in [0.25, 0.3) is 0 Å². The molecule has 120 valence electrons. The van der Waals surface area contributed by atoms with Crippen LogP contribution in [-0.4, -0.2) is 21.6 Å². The van der Waals surface area contributed by atoms with Gasteiger partial charge in [0, 0.05) is 5.56 Å². The summed E-state index contributed by atoms with van der Waals surface area (Å²) in [6, 6.07) is 14.6. The first kappa shape index (κ1) is 16.0. The number of nitrogens with two attached hydrogens (primary N) is 1. The Kier molecular flexibility index (Phi) is 4.98. The standard InChI is InChI=1S/C18H20FN3S/c1-23-11-10-15(20)18-21-16-8-4-5-9-17(16)22(18)12-13-6-2-3-7-14(13)19/h2-9,15H,10-12,20H2,1H3. The second-order valence-corrected chi connectivity index (χ2v) is 6.51. The average molecular weight is 329 g/mol. The van der Waals surface area contributed by atoms with Crippen molar-refractivity contribution >= 4 is 22.8 Å². The molecule has 3 nitrogen and oxygen atoms in total. The SMILES string of the molecule is CSCCC(N)c1nc2ccccc2n1Cc1ccccc1F. The smallest absolute Gasteiger partial charge is 0.128 e. The molecule has 0 radical (unpaired) electrons. The van der Waals surface area contributed by atoms with E-state index in [2.05, 4.69) is 6.26 Å². The molecule has 0 fully saturated rings. The van der Waals surface area contributed by atoms with E-state index in [9.17, 15) is 4.39 Å². The van der Waals surface area contributed by atoms with E-state index < -0.39 is 0 Å². The van der Waals surface area contributed by atoms with Gasteiger partial charge in [0.1, 0.15) is 11.6 Å². The van der Waals surface area contributed by atoms with Gasteiger partial charge in [-0.2, -0.15) is 11.8 Å². The fraction of sp³-hybridized carbons (Fsp3) is 0.278. The second-order valence-electron chi connectivity index (χ2n) is 5.52. The molecular formula is C18H20FN3S. The number of fused-ring (bicyclic) bond motifs is 1. The number of benzene rings is 2. The van der Waals surface area contributed by atoms with Crippen LogP contribution in [0.4, 0.5) is 4.39 Å². The molecule has 2 aromatic carbocycles. The molecule has 0 spiro atoms. The van der Waals surface area contributed by atoms with Gasteiger partial charge in [-0.25, -0.2) is 9.37 Å². The Bertz CT molecular complexity index is 800. The summed E-state index contributed by atoms with van der Waals surface area (Å²) in [4.78, 5) is 4.70. The Labute approximate surface area is 139 Å². The molecule has 0 aliphatic rings. The minimum Gasteiger partial charge on any atom is -0.322 e. The maximum absolute atomic E-state index is 14.0. The number of thioether (sulfide) groups is 1. The van der Waals surface area contributed by atoms with Crippen LogP contribution in [-0.2, 0) is 6.54 Å². The summed E-state index contributed by atoms with van der Waals surface area (Å²) in [6.45, 7) is 0.440. The summed E-state index contributed by atoms with van der Waals surface area (Å²) in [5.74, 6) is 1.60. The van der Waals surface area contributed by atoms with Crippen molar-refractivity contribution in [3.8, 4) is 0 Å². The van der Waals surface area contributed by atoms with E-state index in [0.717, 1.165) is 29.0 Å². The Morgan fingerprint density at radius 2 is 1.91 bits per heavy atom. The third kappa shape index (κ3) is 3.41. The number of imidazole rings is 1. The van der Waals surface area contributed by atoms with E-state index in [4.69, 9.17) is 10.7 Å². The number of rotatable bonds is 6. The second kappa shape index (κ2) is 7.15. The first-order valence-corrected chi connectivity index (χ1v) is 9.03. The molecule has 3 aromatic rings. The molecule has 0 aliphatic heterocycles. The lowest BCUT2D eigenvalue weighted by Gasteiger charge is -2.15. The Morgan fingerprint density at radius 3 is 2.70 bits per heavy atom. The van der Waals surface area contributed by atoms with Crippen LogP contribution >= 0.6 is 11.8 Å². The first-order chi connectivity index (χ1) is 11.2. The van der Waals surface area contributed by atoms with Gasteiger partial charge in [-0.1, -0.05) is 30.3 Å². The zero-order valence-corrected chi connectivity index (χ0v) is 13.9. The molecular weight excluding hydrogens is 309 g/mol. The van der Waals surface area contributed by atoms with Gasteiger partial charge >= 0.3 is 0 Å². The highest BCUT2D eigenvalue weighted by atomic mass is 32.2. The van der Waals surface area contributed by atoms with Crippen LogP contribution in [0.25, 0.3) is 11.0 Å². The van der Waals surface area contributed by atoms with E-state index in [1.165, 1.54) is 6.07 Å². The molecule has 1 unspecified atom stereocenters. The third-order valence-electron chi connectivity index (χ3n) is 3.93. The lowest BCUT2D eigenvalue weighted by molar-refractivity contribution is 0.577. The van der Waals surface area contributed by atoms with Gasteiger partial charge in [0.15, 0.2) is 0 Å². The van der Waals surface area contributed by atoms with Crippen molar-refractivity contribution in [2.45, 2.75) is 19.0 Å². The molecule has 3 rings (SSSR count). The highest BCUT2D eigenvalue weighted by Gasteiger charge is 2.17. The molecule has 0 amide bonds. The van der Waals surface area contributed by atoms with E-state index in [1.807, 2.05) is 34.9 Å². The van der Waals surface area contributed by atoms with Crippen molar-refractivity contribution in [2.24, 2.45) is 5.73 Å². The molecule has 0 saturated heterocycles. The Morgan fingerprint density at radius 1 is 1.17 bits per heavy atom. The summed E-state index contributed by atoms with van der Waals surface area (Å²) < 4.78 is 16.1. The molecule has 1 atom stereocenters. The number of para-hydroxylation sites is 2. The van der Waals surface area contributed by atoms with Gasteiger partial charge < -0.3 is 10.3 Å². The monoisotopic (exact) mass is 329 g/mol. The Balaban J connectivity index is 2.04. The van der Waals surface area contributed by atoms with Gasteiger partial charge in [0.05, 0.1) is 23.6 Å². The average Bonchev–Trinajstić information content (AvgIpc) is 2.93. The van der Waals surface area contributed by atoms with Gasteiger partial charge in [-0.05, 0) is 36.6 Å². The van der Waals surface area contributed by atoms with Crippen molar-refractivity contribution in [1.29, 1.82) is 0 Å². The van der Waals surface area contributed by atoms with Crippen LogP contribution in [0.3, 0.4) is 0 Å². The maximum Gasteiger partial charge on any atom is 0.128 e. The number of halogens is 1. The molecule has 5 heteroatoms. The molecule has 0 bridgehead atoms. The zero-order chi connectivity index (χ0) is 16.2. The first-order valence-electron chi connectivity index (χ1n) is 7.64. The van der Waals surface area contributed by atoms with Crippen LogP contribution in [0.15, 0.2) is 48.5 Å². The van der Waals surface area contributed by atoms with Gasteiger partial charge in [0.2, 0.25) is 0 Å². The highest BCUT2D eigenvalue weighted by Crippen LogP contribution is 2.24. The summed E-state index contributed by atoms with van der Waals surface area (Å²) in [6.07, 6.45) is 2.91. The van der Waals surface area contributed by atoms with E-state index in [-0.39, 0.29) is 11.9 Å². The quantitative estimate of drug-likeness (QED) is 0.744. The van der Waals surface area contributed by atoms with Crippen LogP contribution in [0.1, 0.15) is 23.9 Å². The maximum atomic E-state index is 14.0. The predicted molar refractivity (Wildman–Crippen MR) is 95.2 cm³/mol. The molecule has 1 heterocycles. The van der Waals surface area contributed by atoms with E-state index in [1.54, 1.807) is 23.9 Å². The van der Waals surface area contributed by atoms with Gasteiger partial charge in [-0.15, -0.1) is 0 Å². The largest absolute Gasteiger partial charge is 0.322 e. The molecule has 0 saturated carbocycles. The van der Waals surface area contributed by atoms with Crippen LogP contribution in [0.5, 0.6) is 0 Å². The topological polar surface area (TPSA) is 43.8 Å². The lowest BCUT2D eigenvalue weighted by Crippen LogP contribution is -2.18.